The molecule has 4 nitrogen and oxygen atoms in total. The fourth-order valence-corrected chi connectivity index (χ4v) is 0.862. The number of amides is 1. The van der Waals surface area contributed by atoms with E-state index in [9.17, 15) is 22.8 Å². The third-order valence-electron chi connectivity index (χ3n) is 1.39. The van der Waals surface area contributed by atoms with Crippen molar-refractivity contribution in [2.45, 2.75) is 6.18 Å². The second kappa shape index (κ2) is 3.17. The zero-order valence-electron chi connectivity index (χ0n) is 6.59. The quantitative estimate of drug-likeness (QED) is 0.740. The molecule has 7 heteroatoms. The van der Waals surface area contributed by atoms with Gasteiger partial charge in [0.1, 0.15) is 0 Å². The number of alkyl halides is 3. The number of rotatable bonds is 2. The Morgan fingerprint density at radius 2 is 2.07 bits per heavy atom. The topological polar surface area (TPSA) is 73.3 Å². The van der Waals surface area contributed by atoms with E-state index in [1.54, 1.807) is 0 Å². The molecule has 1 amide bonds. The van der Waals surface area contributed by atoms with Gasteiger partial charge in [0.15, 0.2) is 12.0 Å². The van der Waals surface area contributed by atoms with Crippen LogP contribution in [0, 0.1) is 0 Å². The first kappa shape index (κ1) is 10.3. The van der Waals surface area contributed by atoms with Crippen LogP contribution >= 0.6 is 0 Å². The standard InChI is InChI=1S/C7H4F3NO3/c8-7(9,10)5-4(6(11)13)1-3(2-12)14-5/h1-2H,(H2,11,13). The minimum atomic E-state index is -4.84. The van der Waals surface area contributed by atoms with Gasteiger partial charge in [-0.25, -0.2) is 0 Å². The maximum atomic E-state index is 12.1. The Morgan fingerprint density at radius 3 is 2.36 bits per heavy atom. The number of carbonyl (C=O) groups excluding carboxylic acids is 2. The van der Waals surface area contributed by atoms with Crippen LogP contribution in [0.2, 0.25) is 0 Å². The average Bonchev–Trinajstić information content (AvgIpc) is 2.46. The van der Waals surface area contributed by atoms with E-state index in [0.29, 0.717) is 6.07 Å². The fraction of sp³-hybridized carbons (Fsp3) is 0.143. The number of furan rings is 1. The van der Waals surface area contributed by atoms with Gasteiger partial charge in [0.2, 0.25) is 5.76 Å². The van der Waals surface area contributed by atoms with Crippen molar-refractivity contribution in [2.24, 2.45) is 5.73 Å². The molecule has 0 unspecified atom stereocenters. The summed E-state index contributed by atoms with van der Waals surface area (Å²) < 4.78 is 40.5. The van der Waals surface area contributed by atoms with Gasteiger partial charge in [0.25, 0.3) is 5.91 Å². The lowest BCUT2D eigenvalue weighted by Gasteiger charge is -2.02. The van der Waals surface area contributed by atoms with E-state index >= 15 is 0 Å². The summed E-state index contributed by atoms with van der Waals surface area (Å²) in [5.74, 6) is -3.44. The third kappa shape index (κ3) is 1.76. The summed E-state index contributed by atoms with van der Waals surface area (Å²) in [5, 5.41) is 0. The molecule has 0 saturated carbocycles. The van der Waals surface area contributed by atoms with Crippen molar-refractivity contribution in [3.8, 4) is 0 Å². The Bertz CT molecular complexity index is 380. The Labute approximate surface area is 75.5 Å². The molecule has 1 rings (SSSR count). The van der Waals surface area contributed by atoms with Crippen molar-refractivity contribution in [3.63, 3.8) is 0 Å². The summed E-state index contributed by atoms with van der Waals surface area (Å²) in [6.45, 7) is 0. The van der Waals surface area contributed by atoms with Crippen LogP contribution in [0.25, 0.3) is 0 Å². The van der Waals surface area contributed by atoms with E-state index in [1.807, 2.05) is 0 Å². The van der Waals surface area contributed by atoms with Crippen molar-refractivity contribution >= 4 is 12.2 Å². The van der Waals surface area contributed by atoms with Gasteiger partial charge in [0.05, 0.1) is 5.56 Å². The van der Waals surface area contributed by atoms with Gasteiger partial charge >= 0.3 is 6.18 Å². The molecular formula is C7H4F3NO3. The van der Waals surface area contributed by atoms with Crippen molar-refractivity contribution in [2.75, 3.05) is 0 Å². The summed E-state index contributed by atoms with van der Waals surface area (Å²) in [5.41, 5.74) is 3.82. The maximum absolute atomic E-state index is 12.1. The molecule has 0 radical (unpaired) electrons. The van der Waals surface area contributed by atoms with Crippen LogP contribution in [-0.4, -0.2) is 12.2 Å². The summed E-state index contributed by atoms with van der Waals surface area (Å²) in [6, 6.07) is 0.651. The molecule has 0 saturated heterocycles. The molecule has 1 heterocycles. The molecule has 0 aromatic carbocycles. The second-order valence-corrected chi connectivity index (χ2v) is 2.37. The molecule has 0 aliphatic heterocycles. The number of carbonyl (C=O) groups is 2. The summed E-state index contributed by atoms with van der Waals surface area (Å²) in [7, 11) is 0. The van der Waals surface area contributed by atoms with Crippen molar-refractivity contribution in [1.82, 2.24) is 0 Å². The third-order valence-corrected chi connectivity index (χ3v) is 1.39. The molecule has 1 aromatic heterocycles. The molecule has 2 N–H and O–H groups in total. The van der Waals surface area contributed by atoms with E-state index in [-0.39, 0.29) is 6.29 Å². The highest BCUT2D eigenvalue weighted by atomic mass is 19.4. The predicted octanol–water partition coefficient (Wildman–Crippen LogP) is 1.21. The Hall–Kier alpha value is -1.79. The monoisotopic (exact) mass is 207 g/mol. The molecule has 0 aliphatic carbocycles. The SMILES string of the molecule is NC(=O)c1cc(C=O)oc1C(F)(F)F. The molecule has 0 atom stereocenters. The number of primary amides is 1. The molecule has 76 valence electrons. The Balaban J connectivity index is 3.33. The first-order chi connectivity index (χ1) is 6.36. The molecular weight excluding hydrogens is 203 g/mol. The first-order valence-electron chi connectivity index (χ1n) is 3.32. The van der Waals surface area contributed by atoms with Gasteiger partial charge < -0.3 is 10.2 Å². The van der Waals surface area contributed by atoms with Crippen molar-refractivity contribution in [3.05, 3.63) is 23.2 Å². The normalized spacial score (nSPS) is 11.4. The van der Waals surface area contributed by atoms with Gasteiger partial charge in [0, 0.05) is 6.07 Å². The summed E-state index contributed by atoms with van der Waals surface area (Å²) in [4.78, 5) is 20.7. The number of aldehydes is 1. The zero-order valence-corrected chi connectivity index (χ0v) is 6.59. The van der Waals surface area contributed by atoms with Crippen molar-refractivity contribution in [1.29, 1.82) is 0 Å². The smallest absolute Gasteiger partial charge is 0.448 e. The minimum absolute atomic E-state index is 0.0572. The van der Waals surface area contributed by atoms with E-state index in [0.717, 1.165) is 0 Å². The van der Waals surface area contributed by atoms with Gasteiger partial charge in [-0.2, -0.15) is 13.2 Å². The van der Waals surface area contributed by atoms with Crippen LogP contribution in [0.4, 0.5) is 13.2 Å². The second-order valence-electron chi connectivity index (χ2n) is 2.37. The van der Waals surface area contributed by atoms with Crippen LogP contribution in [0.3, 0.4) is 0 Å². The van der Waals surface area contributed by atoms with Gasteiger partial charge in [-0.3, -0.25) is 9.59 Å². The molecule has 0 bridgehead atoms. The summed E-state index contributed by atoms with van der Waals surface area (Å²) in [6.07, 6.45) is -4.78. The van der Waals surface area contributed by atoms with Gasteiger partial charge in [-0.15, -0.1) is 0 Å². The number of hydrogen-bond donors (Lipinski definition) is 1. The van der Waals surface area contributed by atoms with E-state index in [4.69, 9.17) is 0 Å². The molecule has 0 aliphatic rings. The lowest BCUT2D eigenvalue weighted by atomic mass is 10.2. The molecule has 1 aromatic rings. The van der Waals surface area contributed by atoms with Crippen LogP contribution < -0.4 is 5.73 Å². The van der Waals surface area contributed by atoms with Crippen LogP contribution in [-0.2, 0) is 6.18 Å². The largest absolute Gasteiger partial charge is 0.450 e. The number of hydrogen-bond acceptors (Lipinski definition) is 3. The van der Waals surface area contributed by atoms with Gasteiger partial charge in [-0.05, 0) is 0 Å². The van der Waals surface area contributed by atoms with E-state index < -0.39 is 29.2 Å². The van der Waals surface area contributed by atoms with Crippen LogP contribution in [0.1, 0.15) is 26.7 Å². The highest BCUT2D eigenvalue weighted by Gasteiger charge is 2.39. The van der Waals surface area contributed by atoms with Crippen molar-refractivity contribution < 1.29 is 27.2 Å². The summed E-state index contributed by atoms with van der Waals surface area (Å²) >= 11 is 0. The number of nitrogens with two attached hydrogens (primary N) is 1. The number of halogens is 3. The molecule has 0 spiro atoms. The van der Waals surface area contributed by atoms with Gasteiger partial charge in [-0.1, -0.05) is 0 Å². The lowest BCUT2D eigenvalue weighted by molar-refractivity contribution is -0.153. The average molecular weight is 207 g/mol. The molecule has 0 fully saturated rings. The highest BCUT2D eigenvalue weighted by molar-refractivity contribution is 5.95. The minimum Gasteiger partial charge on any atom is -0.448 e. The Morgan fingerprint density at radius 1 is 1.50 bits per heavy atom. The van der Waals surface area contributed by atoms with E-state index in [2.05, 4.69) is 10.2 Å². The maximum Gasteiger partial charge on any atom is 0.450 e. The molecule has 14 heavy (non-hydrogen) atoms. The Kier molecular flexibility index (Phi) is 2.33. The predicted molar refractivity (Wildman–Crippen MR) is 37.6 cm³/mol. The highest BCUT2D eigenvalue weighted by Crippen LogP contribution is 2.33. The zero-order chi connectivity index (χ0) is 10.9. The van der Waals surface area contributed by atoms with Crippen LogP contribution in [0.15, 0.2) is 10.5 Å². The van der Waals surface area contributed by atoms with Crippen LogP contribution in [0.5, 0.6) is 0 Å². The first-order valence-corrected chi connectivity index (χ1v) is 3.32. The van der Waals surface area contributed by atoms with E-state index in [1.165, 1.54) is 0 Å². The fourth-order valence-electron chi connectivity index (χ4n) is 0.862. The lowest BCUT2D eigenvalue weighted by Crippen LogP contribution is -2.16.